The molecule has 1 aliphatic rings. The quantitative estimate of drug-likeness (QED) is 0.644. The van der Waals surface area contributed by atoms with Crippen LogP contribution in [-0.2, 0) is 0 Å². The first-order valence-electron chi connectivity index (χ1n) is 4.17. The van der Waals surface area contributed by atoms with Gasteiger partial charge in [-0.05, 0) is 12.3 Å². The van der Waals surface area contributed by atoms with Gasteiger partial charge in [-0.1, -0.05) is 25.7 Å². The summed E-state index contributed by atoms with van der Waals surface area (Å²) in [7, 11) is 0. The average Bonchev–Trinajstić information content (AvgIpc) is 2.40. The van der Waals surface area contributed by atoms with E-state index in [0.717, 1.165) is 0 Å². The number of rotatable bonds is 3. The first kappa shape index (κ1) is 7.99. The van der Waals surface area contributed by atoms with Crippen molar-refractivity contribution in [2.24, 2.45) is 11.7 Å². The van der Waals surface area contributed by atoms with Gasteiger partial charge in [0, 0.05) is 6.54 Å². The SMILES string of the molecule is NC[C@H](F)CC1CCCC1. The molecule has 10 heavy (non-hydrogen) atoms. The summed E-state index contributed by atoms with van der Waals surface area (Å²) in [5, 5.41) is 0. The Hall–Kier alpha value is -0.110. The van der Waals surface area contributed by atoms with E-state index in [1.807, 2.05) is 0 Å². The van der Waals surface area contributed by atoms with Crippen molar-refractivity contribution in [3.8, 4) is 0 Å². The first-order chi connectivity index (χ1) is 4.83. The summed E-state index contributed by atoms with van der Waals surface area (Å²) < 4.78 is 12.7. The zero-order valence-electron chi connectivity index (χ0n) is 6.35. The maximum absolute atomic E-state index is 12.7. The van der Waals surface area contributed by atoms with E-state index in [1.54, 1.807) is 0 Å². The van der Waals surface area contributed by atoms with Gasteiger partial charge in [-0.15, -0.1) is 0 Å². The first-order valence-corrected chi connectivity index (χ1v) is 4.17. The van der Waals surface area contributed by atoms with Crippen molar-refractivity contribution in [3.63, 3.8) is 0 Å². The van der Waals surface area contributed by atoms with Crippen LogP contribution >= 0.6 is 0 Å². The molecule has 1 rings (SSSR count). The highest BCUT2D eigenvalue weighted by Gasteiger charge is 2.18. The van der Waals surface area contributed by atoms with Crippen LogP contribution in [0.2, 0.25) is 0 Å². The fraction of sp³-hybridized carbons (Fsp3) is 1.00. The Morgan fingerprint density at radius 3 is 2.50 bits per heavy atom. The molecule has 0 radical (unpaired) electrons. The van der Waals surface area contributed by atoms with Gasteiger partial charge in [-0.2, -0.15) is 0 Å². The summed E-state index contributed by atoms with van der Waals surface area (Å²) in [6.45, 7) is 0.205. The molecule has 2 N–H and O–H groups in total. The molecule has 1 saturated carbocycles. The highest BCUT2D eigenvalue weighted by molar-refractivity contribution is 4.71. The van der Waals surface area contributed by atoms with Gasteiger partial charge in [0.15, 0.2) is 0 Å². The Bertz CT molecular complexity index is 89.3. The second-order valence-electron chi connectivity index (χ2n) is 3.22. The smallest absolute Gasteiger partial charge is 0.113 e. The van der Waals surface area contributed by atoms with E-state index >= 15 is 0 Å². The maximum Gasteiger partial charge on any atom is 0.113 e. The fourth-order valence-electron chi connectivity index (χ4n) is 1.70. The number of hydrogen-bond acceptors (Lipinski definition) is 1. The fourth-order valence-corrected chi connectivity index (χ4v) is 1.70. The molecule has 0 unspecified atom stereocenters. The van der Waals surface area contributed by atoms with Gasteiger partial charge in [0.05, 0.1) is 0 Å². The van der Waals surface area contributed by atoms with E-state index in [1.165, 1.54) is 25.7 Å². The highest BCUT2D eigenvalue weighted by atomic mass is 19.1. The van der Waals surface area contributed by atoms with Crippen LogP contribution in [-0.4, -0.2) is 12.7 Å². The average molecular weight is 145 g/mol. The van der Waals surface area contributed by atoms with Gasteiger partial charge in [0.1, 0.15) is 6.17 Å². The van der Waals surface area contributed by atoms with Crippen LogP contribution in [0.15, 0.2) is 0 Å². The van der Waals surface area contributed by atoms with Crippen molar-refractivity contribution in [2.75, 3.05) is 6.54 Å². The third kappa shape index (κ3) is 2.25. The lowest BCUT2D eigenvalue weighted by Crippen LogP contribution is -2.17. The van der Waals surface area contributed by atoms with Crippen LogP contribution in [0.5, 0.6) is 0 Å². The number of hydrogen-bond donors (Lipinski definition) is 1. The Morgan fingerprint density at radius 2 is 2.00 bits per heavy atom. The van der Waals surface area contributed by atoms with E-state index in [-0.39, 0.29) is 6.54 Å². The van der Waals surface area contributed by atoms with Crippen molar-refractivity contribution in [1.29, 1.82) is 0 Å². The van der Waals surface area contributed by atoms with Crippen molar-refractivity contribution in [3.05, 3.63) is 0 Å². The molecule has 0 aliphatic heterocycles. The third-order valence-corrected chi connectivity index (χ3v) is 2.32. The molecule has 1 aliphatic carbocycles. The molecule has 1 fully saturated rings. The molecule has 1 atom stereocenters. The van der Waals surface area contributed by atoms with Crippen molar-refractivity contribution >= 4 is 0 Å². The van der Waals surface area contributed by atoms with Gasteiger partial charge >= 0.3 is 0 Å². The Labute approximate surface area is 61.8 Å². The van der Waals surface area contributed by atoms with Crippen LogP contribution < -0.4 is 5.73 Å². The minimum atomic E-state index is -0.747. The summed E-state index contributed by atoms with van der Waals surface area (Å²) in [5.74, 6) is 0.638. The molecule has 0 amide bonds. The van der Waals surface area contributed by atoms with Crippen molar-refractivity contribution < 1.29 is 4.39 Å². The van der Waals surface area contributed by atoms with Crippen LogP contribution in [0.25, 0.3) is 0 Å². The molecule has 0 heterocycles. The Morgan fingerprint density at radius 1 is 1.40 bits per heavy atom. The van der Waals surface area contributed by atoms with Gasteiger partial charge < -0.3 is 5.73 Å². The summed E-state index contributed by atoms with van der Waals surface area (Å²) >= 11 is 0. The van der Waals surface area contributed by atoms with Gasteiger partial charge in [-0.25, -0.2) is 4.39 Å². The lowest BCUT2D eigenvalue weighted by Gasteiger charge is -2.10. The minimum absolute atomic E-state index is 0.205. The van der Waals surface area contributed by atoms with Gasteiger partial charge in [-0.3, -0.25) is 0 Å². The lowest BCUT2D eigenvalue weighted by atomic mass is 10.0. The molecule has 0 aromatic rings. The monoisotopic (exact) mass is 145 g/mol. The topological polar surface area (TPSA) is 26.0 Å². The van der Waals surface area contributed by atoms with Gasteiger partial charge in [0.2, 0.25) is 0 Å². The Kier molecular flexibility index (Phi) is 3.13. The highest BCUT2D eigenvalue weighted by Crippen LogP contribution is 2.28. The van der Waals surface area contributed by atoms with Crippen LogP contribution in [0.4, 0.5) is 4.39 Å². The number of halogens is 1. The summed E-state index contributed by atoms with van der Waals surface area (Å²) in [6, 6.07) is 0. The molecule has 0 saturated heterocycles. The second-order valence-corrected chi connectivity index (χ2v) is 3.22. The van der Waals surface area contributed by atoms with Crippen molar-refractivity contribution in [1.82, 2.24) is 0 Å². The molecule has 1 nitrogen and oxygen atoms in total. The predicted molar refractivity (Wildman–Crippen MR) is 40.5 cm³/mol. The number of nitrogens with two attached hydrogens (primary N) is 1. The summed E-state index contributed by atoms with van der Waals surface area (Å²) in [4.78, 5) is 0. The number of alkyl halides is 1. The van der Waals surface area contributed by atoms with Crippen LogP contribution in [0.3, 0.4) is 0 Å². The van der Waals surface area contributed by atoms with E-state index in [4.69, 9.17) is 5.73 Å². The molecule has 0 spiro atoms. The molecule has 0 aromatic carbocycles. The van der Waals surface area contributed by atoms with Gasteiger partial charge in [0.25, 0.3) is 0 Å². The van der Waals surface area contributed by atoms with Crippen LogP contribution in [0.1, 0.15) is 32.1 Å². The summed E-state index contributed by atoms with van der Waals surface area (Å²) in [5.41, 5.74) is 5.18. The molecule has 0 aromatic heterocycles. The molecular weight excluding hydrogens is 129 g/mol. The summed E-state index contributed by atoms with van der Waals surface area (Å²) in [6.07, 6.45) is 4.99. The molecular formula is C8H16FN. The standard InChI is InChI=1S/C8H16FN/c9-8(6-10)5-7-3-1-2-4-7/h7-8H,1-6,10H2/t8-/m1/s1. The van der Waals surface area contributed by atoms with E-state index in [9.17, 15) is 4.39 Å². The van der Waals surface area contributed by atoms with Crippen LogP contribution in [0, 0.1) is 5.92 Å². The lowest BCUT2D eigenvalue weighted by molar-refractivity contribution is 0.276. The second kappa shape index (κ2) is 3.91. The van der Waals surface area contributed by atoms with E-state index in [2.05, 4.69) is 0 Å². The maximum atomic E-state index is 12.7. The zero-order chi connectivity index (χ0) is 7.40. The molecule has 2 heteroatoms. The van der Waals surface area contributed by atoms with E-state index < -0.39 is 6.17 Å². The minimum Gasteiger partial charge on any atom is -0.328 e. The zero-order valence-corrected chi connectivity index (χ0v) is 6.35. The third-order valence-electron chi connectivity index (χ3n) is 2.32. The largest absolute Gasteiger partial charge is 0.328 e. The van der Waals surface area contributed by atoms with Crippen molar-refractivity contribution in [2.45, 2.75) is 38.3 Å². The molecule has 0 bridgehead atoms. The Balaban J connectivity index is 2.11. The normalized spacial score (nSPS) is 23.4. The molecule has 60 valence electrons. The predicted octanol–water partition coefficient (Wildman–Crippen LogP) is 1.86. The van der Waals surface area contributed by atoms with E-state index in [0.29, 0.717) is 12.3 Å².